The summed E-state index contributed by atoms with van der Waals surface area (Å²) in [5.74, 6) is 0.564. The molecule has 4 heteroatoms. The van der Waals surface area contributed by atoms with Crippen LogP contribution in [0.1, 0.15) is 45.6 Å². The van der Waals surface area contributed by atoms with Crippen LogP contribution < -0.4 is 15.2 Å². The maximum atomic E-state index is 5.06. The predicted molar refractivity (Wildman–Crippen MR) is 119 cm³/mol. The van der Waals surface area contributed by atoms with Gasteiger partial charge in [0.15, 0.2) is 0 Å². The smallest absolute Gasteiger partial charge is 0.0772 e. The minimum Gasteiger partial charge on any atom is -0.378 e. The van der Waals surface area contributed by atoms with E-state index >= 15 is 0 Å². The van der Waals surface area contributed by atoms with E-state index < -0.39 is 0 Å². The zero-order valence-electron chi connectivity index (χ0n) is 17.6. The molecule has 2 aromatic rings. The molecule has 0 N–H and O–H groups in total. The Hall–Kier alpha value is -1.81. The molecule has 0 radical (unpaired) electrons. The predicted octanol–water partition coefficient (Wildman–Crippen LogP) is 5.34. The second-order valence-electron chi connectivity index (χ2n) is 8.71. The van der Waals surface area contributed by atoms with E-state index in [1.165, 1.54) is 38.1 Å². The summed E-state index contributed by atoms with van der Waals surface area (Å²) < 4.78 is 1.39. The van der Waals surface area contributed by atoms with Gasteiger partial charge in [-0.05, 0) is 75.3 Å². The summed E-state index contributed by atoms with van der Waals surface area (Å²) in [6.45, 7) is 10.4. The largest absolute Gasteiger partial charge is 0.378 e. The molecular weight excluding hydrogens is 350 g/mol. The molecule has 2 atom stereocenters. The van der Waals surface area contributed by atoms with Crippen LogP contribution in [0.25, 0.3) is 0 Å². The molecule has 0 spiro atoms. The van der Waals surface area contributed by atoms with Crippen LogP contribution in [0.4, 0.5) is 17.1 Å². The topological polar surface area (TPSA) is 18.8 Å². The first-order valence-corrected chi connectivity index (χ1v) is 11.5. The summed E-state index contributed by atoms with van der Waals surface area (Å²) >= 11 is 0. The Bertz CT molecular complexity index is 1040. The van der Waals surface area contributed by atoms with Gasteiger partial charge in [-0.15, -0.1) is 10.5 Å². The molecule has 0 saturated heterocycles. The zero-order chi connectivity index (χ0) is 19.5. The molecule has 3 nitrogen and oxygen atoms in total. The van der Waals surface area contributed by atoms with Gasteiger partial charge in [-0.1, -0.05) is 6.92 Å². The van der Waals surface area contributed by atoms with E-state index in [1.807, 2.05) is 0 Å². The highest BCUT2D eigenvalue weighted by molar-refractivity contribution is 8.09. The van der Waals surface area contributed by atoms with E-state index in [1.54, 1.807) is 0 Å². The van der Waals surface area contributed by atoms with Crippen LogP contribution >= 0.6 is 10.5 Å². The highest BCUT2D eigenvalue weighted by Gasteiger charge is 2.35. The van der Waals surface area contributed by atoms with Crippen LogP contribution in [0, 0.1) is 4.51 Å². The normalized spacial score (nSPS) is 22.4. The number of benzene rings is 2. The van der Waals surface area contributed by atoms with E-state index in [0.29, 0.717) is 5.92 Å². The Morgan fingerprint density at radius 3 is 2.63 bits per heavy atom. The van der Waals surface area contributed by atoms with Gasteiger partial charge in [-0.2, -0.15) is 0 Å². The average molecular weight is 382 g/mol. The van der Waals surface area contributed by atoms with Crippen molar-refractivity contribution < 1.29 is 0 Å². The molecule has 0 fully saturated rings. The summed E-state index contributed by atoms with van der Waals surface area (Å²) in [7, 11) is 4.23. The maximum absolute atomic E-state index is 5.06. The Morgan fingerprint density at radius 2 is 1.96 bits per heavy atom. The summed E-state index contributed by atoms with van der Waals surface area (Å²) in [4.78, 5) is 11.2. The van der Waals surface area contributed by atoms with Gasteiger partial charge in [-0.3, -0.25) is 0 Å². The molecule has 0 amide bonds. The van der Waals surface area contributed by atoms with Crippen molar-refractivity contribution in [2.75, 3.05) is 36.7 Å². The van der Waals surface area contributed by atoms with Gasteiger partial charge in [0.1, 0.15) is 0 Å². The first kappa shape index (κ1) is 18.5. The van der Waals surface area contributed by atoms with Crippen molar-refractivity contribution >= 4 is 27.5 Å². The van der Waals surface area contributed by atoms with Crippen LogP contribution in [-0.4, -0.2) is 32.4 Å². The Kier molecular flexibility index (Phi) is 4.38. The monoisotopic (exact) mass is 381 g/mol. The van der Waals surface area contributed by atoms with Gasteiger partial charge in [0.05, 0.1) is 11.0 Å². The van der Waals surface area contributed by atoms with Crippen LogP contribution in [0.2, 0.25) is 0 Å². The van der Waals surface area contributed by atoms with Crippen LogP contribution in [-0.2, 0) is 0 Å². The van der Waals surface area contributed by atoms with Crippen molar-refractivity contribution in [3.05, 3.63) is 45.8 Å². The van der Waals surface area contributed by atoms with Crippen molar-refractivity contribution in [2.45, 2.75) is 50.5 Å². The molecule has 2 aliphatic heterocycles. The van der Waals surface area contributed by atoms with Crippen LogP contribution in [0.5, 0.6) is 0 Å². The minimum absolute atomic E-state index is 0.0350. The number of anilines is 2. The molecule has 0 bridgehead atoms. The van der Waals surface area contributed by atoms with E-state index in [2.05, 4.69) is 88.2 Å². The molecule has 2 aromatic carbocycles. The van der Waals surface area contributed by atoms with E-state index in [9.17, 15) is 0 Å². The first-order valence-electron chi connectivity index (χ1n) is 9.87. The quantitative estimate of drug-likeness (QED) is 0.654. The van der Waals surface area contributed by atoms with Gasteiger partial charge in [0, 0.05) is 47.0 Å². The van der Waals surface area contributed by atoms with Gasteiger partial charge in [0.2, 0.25) is 0 Å². The summed E-state index contributed by atoms with van der Waals surface area (Å²) in [5.41, 5.74) is 5.46. The van der Waals surface area contributed by atoms with Crippen molar-refractivity contribution in [1.29, 1.82) is 0 Å². The lowest BCUT2D eigenvalue weighted by molar-refractivity contribution is 0.381. The third-order valence-electron chi connectivity index (χ3n) is 6.14. The minimum atomic E-state index is 0.0350. The lowest BCUT2D eigenvalue weighted by Gasteiger charge is -2.47. The second-order valence-corrected chi connectivity index (χ2v) is 10.6. The summed E-state index contributed by atoms with van der Waals surface area (Å²) in [6.07, 6.45) is 3.54. The highest BCUT2D eigenvalue weighted by Crippen LogP contribution is 2.45. The van der Waals surface area contributed by atoms with Crippen molar-refractivity contribution in [3.8, 4) is 0 Å². The fraction of sp³-hybridized carbons (Fsp3) is 0.478. The fourth-order valence-corrected chi connectivity index (χ4v) is 6.46. The number of fused-ring (bicyclic) bond motifs is 3. The molecular formula is C23H31N3S. The van der Waals surface area contributed by atoms with Gasteiger partial charge >= 0.3 is 0 Å². The fourth-order valence-electron chi connectivity index (χ4n) is 4.80. The van der Waals surface area contributed by atoms with Crippen molar-refractivity contribution in [3.63, 3.8) is 0 Å². The summed E-state index contributed by atoms with van der Waals surface area (Å²) in [6, 6.07) is 11.5. The molecule has 144 valence electrons. The number of hydrogen-bond donors (Lipinski definition) is 0. The Labute approximate surface area is 165 Å². The van der Waals surface area contributed by atoms with Crippen LogP contribution in [0.3, 0.4) is 0 Å². The Balaban J connectivity index is 1.99. The lowest BCUT2D eigenvalue weighted by Crippen LogP contribution is -2.48. The third-order valence-corrected chi connectivity index (χ3v) is 8.12. The molecule has 2 unspecified atom stereocenters. The number of hydrogen-bond acceptors (Lipinski definition) is 3. The molecule has 27 heavy (non-hydrogen) atoms. The molecule has 2 heterocycles. The average Bonchev–Trinajstić information content (AvgIpc) is 2.60. The van der Waals surface area contributed by atoms with Crippen LogP contribution in [0.15, 0.2) is 40.2 Å². The second kappa shape index (κ2) is 6.37. The highest BCUT2D eigenvalue weighted by atomic mass is 32.2. The maximum Gasteiger partial charge on any atom is 0.0772 e. The molecule has 0 aromatic heterocycles. The standard InChI is InChI=1S/C23H31N3S/c1-8-26-20-13-22-19(12-17(20)15(2)14-23(26,3)4)24-18-10-9-16(25(5)6)11-21(18)27(22)7/h9-13,15H,8,14H2,1-7H3. The van der Waals surface area contributed by atoms with Crippen molar-refractivity contribution in [2.24, 2.45) is 4.99 Å². The first-order chi connectivity index (χ1) is 12.7. The summed E-state index contributed by atoms with van der Waals surface area (Å²) in [5, 5.41) is 1.17. The van der Waals surface area contributed by atoms with Gasteiger partial charge in [0.25, 0.3) is 0 Å². The molecule has 0 saturated carbocycles. The zero-order valence-corrected chi connectivity index (χ0v) is 18.4. The molecule has 0 aliphatic carbocycles. The molecule has 4 rings (SSSR count). The van der Waals surface area contributed by atoms with Gasteiger partial charge in [-0.25, -0.2) is 4.99 Å². The number of nitrogens with zero attached hydrogens (tertiary/aromatic N) is 3. The molecule has 2 aliphatic rings. The SMILES string of the molecule is CCN1c2cc3c(cc2C(C)CC1(C)C)=Nc1ccc(N(C)C)cc1S=3C. The van der Waals surface area contributed by atoms with Crippen molar-refractivity contribution in [1.82, 2.24) is 0 Å². The third kappa shape index (κ3) is 2.89. The van der Waals surface area contributed by atoms with Gasteiger partial charge < -0.3 is 9.80 Å². The van der Waals surface area contributed by atoms with E-state index in [-0.39, 0.29) is 16.0 Å². The lowest BCUT2D eigenvalue weighted by atomic mass is 9.80. The van der Waals surface area contributed by atoms with E-state index in [4.69, 9.17) is 4.99 Å². The number of rotatable bonds is 2. The Morgan fingerprint density at radius 1 is 1.22 bits per heavy atom. The van der Waals surface area contributed by atoms with E-state index in [0.717, 1.165) is 12.2 Å².